The van der Waals surface area contributed by atoms with Crippen molar-refractivity contribution in [1.82, 2.24) is 9.97 Å². The van der Waals surface area contributed by atoms with Gasteiger partial charge in [0.05, 0.1) is 18.1 Å². The molecular weight excluding hydrogens is 172 g/mol. The molecule has 0 atom stereocenters. The highest BCUT2D eigenvalue weighted by Crippen LogP contribution is 2.18. The largest absolute Gasteiger partial charge is 0.256 e. The summed E-state index contributed by atoms with van der Waals surface area (Å²) in [6, 6.07) is 0. The van der Waals surface area contributed by atoms with Crippen molar-refractivity contribution in [3.63, 3.8) is 0 Å². The summed E-state index contributed by atoms with van der Waals surface area (Å²) in [6.07, 6.45) is 4.24. The smallest absolute Gasteiger partial charge is 0.147 e. The van der Waals surface area contributed by atoms with E-state index in [4.69, 9.17) is 11.6 Å². The zero-order valence-electron chi connectivity index (χ0n) is 7.63. The van der Waals surface area contributed by atoms with Crippen molar-refractivity contribution < 1.29 is 0 Å². The van der Waals surface area contributed by atoms with E-state index in [9.17, 15) is 0 Å². The van der Waals surface area contributed by atoms with E-state index in [2.05, 4.69) is 30.7 Å². The van der Waals surface area contributed by atoms with Gasteiger partial charge >= 0.3 is 0 Å². The second kappa shape index (κ2) is 3.40. The van der Waals surface area contributed by atoms with Gasteiger partial charge in [-0.25, -0.2) is 4.98 Å². The molecule has 2 nitrogen and oxygen atoms in total. The zero-order chi connectivity index (χ0) is 9.19. The fourth-order valence-corrected chi connectivity index (χ4v) is 1.07. The van der Waals surface area contributed by atoms with Gasteiger partial charge in [0.1, 0.15) is 5.15 Å². The second-order valence-corrected chi connectivity index (χ2v) is 4.46. The Morgan fingerprint density at radius 3 is 2.33 bits per heavy atom. The molecule has 1 rings (SSSR count). The van der Waals surface area contributed by atoms with Gasteiger partial charge in [-0.15, -0.1) is 0 Å². The predicted molar refractivity (Wildman–Crippen MR) is 50.2 cm³/mol. The van der Waals surface area contributed by atoms with Crippen LogP contribution in [0.1, 0.15) is 26.5 Å². The van der Waals surface area contributed by atoms with Gasteiger partial charge in [0.2, 0.25) is 0 Å². The molecule has 0 spiro atoms. The van der Waals surface area contributed by atoms with Crippen molar-refractivity contribution in [3.8, 4) is 0 Å². The molecule has 1 aromatic rings. The van der Waals surface area contributed by atoms with Crippen LogP contribution in [0.5, 0.6) is 0 Å². The lowest BCUT2D eigenvalue weighted by Crippen LogP contribution is -2.10. The van der Waals surface area contributed by atoms with E-state index < -0.39 is 0 Å². The number of rotatable bonds is 1. The minimum absolute atomic E-state index is 0.252. The molecule has 0 radical (unpaired) electrons. The van der Waals surface area contributed by atoms with Crippen LogP contribution in [0, 0.1) is 5.41 Å². The number of nitrogens with zero attached hydrogens (tertiary/aromatic N) is 2. The maximum atomic E-state index is 5.61. The first kappa shape index (κ1) is 9.46. The number of hydrogen-bond acceptors (Lipinski definition) is 2. The normalized spacial score (nSPS) is 11.7. The van der Waals surface area contributed by atoms with Gasteiger partial charge in [0.15, 0.2) is 0 Å². The zero-order valence-corrected chi connectivity index (χ0v) is 8.39. The van der Waals surface area contributed by atoms with Gasteiger partial charge < -0.3 is 0 Å². The van der Waals surface area contributed by atoms with E-state index in [0.717, 1.165) is 12.1 Å². The Bertz CT molecular complexity index is 248. The molecule has 0 unspecified atom stereocenters. The fourth-order valence-electron chi connectivity index (χ4n) is 0.974. The summed E-state index contributed by atoms with van der Waals surface area (Å²) in [5, 5.41) is 0.452. The Balaban J connectivity index is 2.71. The molecule has 0 amide bonds. The standard InChI is InChI=1S/C9H13ClN2/c1-9(2,3)4-7-5-12-8(10)6-11-7/h5-6H,4H2,1-3H3. The van der Waals surface area contributed by atoms with Gasteiger partial charge in [-0.2, -0.15) is 0 Å². The van der Waals surface area contributed by atoms with E-state index in [0.29, 0.717) is 5.15 Å². The number of aromatic nitrogens is 2. The Morgan fingerprint density at radius 2 is 1.92 bits per heavy atom. The number of hydrogen-bond donors (Lipinski definition) is 0. The van der Waals surface area contributed by atoms with Crippen LogP contribution in [0.3, 0.4) is 0 Å². The predicted octanol–water partition coefficient (Wildman–Crippen LogP) is 2.72. The van der Waals surface area contributed by atoms with Crippen LogP contribution in [0.25, 0.3) is 0 Å². The van der Waals surface area contributed by atoms with Gasteiger partial charge in [0.25, 0.3) is 0 Å². The van der Waals surface area contributed by atoms with Crippen LogP contribution in [0.2, 0.25) is 5.15 Å². The third kappa shape index (κ3) is 3.18. The molecule has 0 N–H and O–H groups in total. The van der Waals surface area contributed by atoms with Crippen LogP contribution in [-0.4, -0.2) is 9.97 Å². The molecule has 0 fully saturated rings. The van der Waals surface area contributed by atoms with Crippen LogP contribution >= 0.6 is 11.6 Å². The van der Waals surface area contributed by atoms with Crippen LogP contribution in [0.4, 0.5) is 0 Å². The summed E-state index contributed by atoms with van der Waals surface area (Å²) in [4.78, 5) is 8.14. The fraction of sp³-hybridized carbons (Fsp3) is 0.556. The first-order valence-corrected chi connectivity index (χ1v) is 4.32. The van der Waals surface area contributed by atoms with Crippen LogP contribution < -0.4 is 0 Å². The van der Waals surface area contributed by atoms with E-state index in [1.807, 2.05) is 0 Å². The maximum absolute atomic E-state index is 5.61. The Morgan fingerprint density at radius 1 is 1.25 bits per heavy atom. The van der Waals surface area contributed by atoms with Crippen molar-refractivity contribution in [2.75, 3.05) is 0 Å². The van der Waals surface area contributed by atoms with Crippen molar-refractivity contribution in [2.24, 2.45) is 5.41 Å². The van der Waals surface area contributed by atoms with Gasteiger partial charge in [-0.3, -0.25) is 4.98 Å². The molecule has 12 heavy (non-hydrogen) atoms. The van der Waals surface area contributed by atoms with Crippen molar-refractivity contribution >= 4 is 11.6 Å². The molecule has 0 aliphatic heterocycles. The molecule has 0 aromatic carbocycles. The Kier molecular flexibility index (Phi) is 2.68. The second-order valence-electron chi connectivity index (χ2n) is 4.07. The molecule has 1 heterocycles. The lowest BCUT2D eigenvalue weighted by molar-refractivity contribution is 0.405. The average Bonchev–Trinajstić information content (AvgIpc) is 1.91. The molecule has 0 aliphatic carbocycles. The molecule has 3 heteroatoms. The van der Waals surface area contributed by atoms with E-state index >= 15 is 0 Å². The summed E-state index contributed by atoms with van der Waals surface area (Å²) in [5.74, 6) is 0. The van der Waals surface area contributed by atoms with Gasteiger partial charge in [0, 0.05) is 0 Å². The molecule has 0 saturated carbocycles. The van der Waals surface area contributed by atoms with Crippen LogP contribution in [0.15, 0.2) is 12.4 Å². The summed E-state index contributed by atoms with van der Waals surface area (Å²) in [6.45, 7) is 6.51. The lowest BCUT2D eigenvalue weighted by atomic mass is 9.91. The van der Waals surface area contributed by atoms with Gasteiger partial charge in [-0.1, -0.05) is 32.4 Å². The molecule has 1 aromatic heterocycles. The lowest BCUT2D eigenvalue weighted by Gasteiger charge is -2.16. The van der Waals surface area contributed by atoms with Crippen molar-refractivity contribution in [1.29, 1.82) is 0 Å². The van der Waals surface area contributed by atoms with Gasteiger partial charge in [-0.05, 0) is 11.8 Å². The molecule has 0 bridgehead atoms. The van der Waals surface area contributed by atoms with Crippen molar-refractivity contribution in [3.05, 3.63) is 23.2 Å². The Hall–Kier alpha value is -0.630. The first-order chi connectivity index (χ1) is 5.47. The molecule has 66 valence electrons. The third-order valence-electron chi connectivity index (χ3n) is 1.39. The van der Waals surface area contributed by atoms with E-state index in [1.165, 1.54) is 0 Å². The maximum Gasteiger partial charge on any atom is 0.147 e. The molecule has 0 saturated heterocycles. The van der Waals surface area contributed by atoms with Crippen LogP contribution in [-0.2, 0) is 6.42 Å². The summed E-state index contributed by atoms with van der Waals surface area (Å²) < 4.78 is 0. The average molecular weight is 185 g/mol. The minimum Gasteiger partial charge on any atom is -0.256 e. The SMILES string of the molecule is CC(C)(C)Cc1cnc(Cl)cn1. The molecular formula is C9H13ClN2. The topological polar surface area (TPSA) is 25.8 Å². The molecule has 0 aliphatic rings. The number of halogens is 1. The third-order valence-corrected chi connectivity index (χ3v) is 1.58. The highest BCUT2D eigenvalue weighted by Gasteiger charge is 2.11. The summed E-state index contributed by atoms with van der Waals surface area (Å²) in [5.41, 5.74) is 1.24. The minimum atomic E-state index is 0.252. The summed E-state index contributed by atoms with van der Waals surface area (Å²) >= 11 is 5.61. The first-order valence-electron chi connectivity index (χ1n) is 3.94. The summed E-state index contributed by atoms with van der Waals surface area (Å²) in [7, 11) is 0. The van der Waals surface area contributed by atoms with E-state index in [-0.39, 0.29) is 5.41 Å². The van der Waals surface area contributed by atoms with Crippen molar-refractivity contribution in [2.45, 2.75) is 27.2 Å². The Labute approximate surface area is 78.0 Å². The highest BCUT2D eigenvalue weighted by molar-refractivity contribution is 6.29. The highest BCUT2D eigenvalue weighted by atomic mass is 35.5. The monoisotopic (exact) mass is 184 g/mol. The van der Waals surface area contributed by atoms with E-state index in [1.54, 1.807) is 12.4 Å². The quantitative estimate of drug-likeness (QED) is 0.671.